The zero-order valence-corrected chi connectivity index (χ0v) is 11.5. The summed E-state index contributed by atoms with van der Waals surface area (Å²) in [6.07, 6.45) is 0. The first-order chi connectivity index (χ1) is 10.6. The highest BCUT2D eigenvalue weighted by molar-refractivity contribution is 6.06. The van der Waals surface area contributed by atoms with Crippen LogP contribution in [0.5, 0.6) is 0 Å². The number of hydrogen-bond acceptors (Lipinski definition) is 3. The van der Waals surface area contributed by atoms with E-state index in [9.17, 15) is 14.9 Å². The lowest BCUT2D eigenvalue weighted by Crippen LogP contribution is -2.11. The van der Waals surface area contributed by atoms with Crippen LogP contribution in [-0.2, 0) is 0 Å². The van der Waals surface area contributed by atoms with Gasteiger partial charge in [-0.25, -0.2) is 0 Å². The summed E-state index contributed by atoms with van der Waals surface area (Å²) in [6.45, 7) is 0. The van der Waals surface area contributed by atoms with Crippen LogP contribution in [0.15, 0.2) is 66.7 Å². The van der Waals surface area contributed by atoms with Crippen LogP contribution in [0.3, 0.4) is 0 Å². The van der Waals surface area contributed by atoms with E-state index in [1.807, 2.05) is 30.3 Å². The first-order valence-corrected chi connectivity index (χ1v) is 6.68. The lowest BCUT2D eigenvalue weighted by atomic mass is 10.1. The van der Waals surface area contributed by atoms with Gasteiger partial charge in [0, 0.05) is 23.4 Å². The molecule has 0 aliphatic carbocycles. The van der Waals surface area contributed by atoms with Gasteiger partial charge in [-0.05, 0) is 29.0 Å². The van der Waals surface area contributed by atoms with Gasteiger partial charge in [0.15, 0.2) is 0 Å². The number of amides is 1. The molecule has 0 aromatic heterocycles. The molecule has 0 aliphatic rings. The highest BCUT2D eigenvalue weighted by Gasteiger charge is 2.10. The van der Waals surface area contributed by atoms with Crippen molar-refractivity contribution in [2.24, 2.45) is 0 Å². The minimum atomic E-state index is -0.494. The molecule has 0 bridgehead atoms. The zero-order chi connectivity index (χ0) is 15.5. The first kappa shape index (κ1) is 13.8. The number of carbonyl (C=O) groups is 1. The molecule has 1 N–H and O–H groups in total. The monoisotopic (exact) mass is 292 g/mol. The molecule has 108 valence electrons. The summed E-state index contributed by atoms with van der Waals surface area (Å²) < 4.78 is 0. The van der Waals surface area contributed by atoms with Crippen LogP contribution < -0.4 is 5.32 Å². The second-order valence-electron chi connectivity index (χ2n) is 4.82. The van der Waals surface area contributed by atoms with Crippen LogP contribution in [0.4, 0.5) is 11.4 Å². The maximum absolute atomic E-state index is 12.3. The maximum Gasteiger partial charge on any atom is 0.271 e. The molecule has 0 heterocycles. The number of rotatable bonds is 3. The molecule has 1 amide bonds. The van der Waals surface area contributed by atoms with Crippen molar-refractivity contribution in [3.63, 3.8) is 0 Å². The second-order valence-corrected chi connectivity index (χ2v) is 4.82. The number of hydrogen-bond donors (Lipinski definition) is 1. The van der Waals surface area contributed by atoms with Gasteiger partial charge in [0.05, 0.1) is 4.92 Å². The molecule has 0 unspecified atom stereocenters. The summed E-state index contributed by atoms with van der Waals surface area (Å²) in [5, 5.41) is 15.4. The molecule has 0 radical (unpaired) electrons. The van der Waals surface area contributed by atoms with Crippen molar-refractivity contribution in [1.82, 2.24) is 0 Å². The molecule has 22 heavy (non-hydrogen) atoms. The average Bonchev–Trinajstić information content (AvgIpc) is 2.54. The van der Waals surface area contributed by atoms with Crippen molar-refractivity contribution in [3.05, 3.63) is 82.4 Å². The Hall–Kier alpha value is -3.21. The molecule has 0 saturated heterocycles. The molecule has 0 saturated carbocycles. The largest absolute Gasteiger partial charge is 0.322 e. The summed E-state index contributed by atoms with van der Waals surface area (Å²) in [4.78, 5) is 22.5. The van der Waals surface area contributed by atoms with Gasteiger partial charge in [-0.3, -0.25) is 14.9 Å². The number of fused-ring (bicyclic) bond motifs is 1. The molecular formula is C17H12N2O3. The molecule has 0 atom stereocenters. The SMILES string of the molecule is O=C(Nc1cccc([N+](=O)[O-])c1)c1ccc2ccccc2c1. The van der Waals surface area contributed by atoms with Crippen LogP contribution in [-0.4, -0.2) is 10.8 Å². The maximum atomic E-state index is 12.3. The third kappa shape index (κ3) is 2.78. The molecular weight excluding hydrogens is 280 g/mol. The molecule has 3 rings (SSSR count). The van der Waals surface area contributed by atoms with E-state index in [1.165, 1.54) is 18.2 Å². The second kappa shape index (κ2) is 5.65. The minimum absolute atomic E-state index is 0.0590. The lowest BCUT2D eigenvalue weighted by Gasteiger charge is -2.06. The summed E-state index contributed by atoms with van der Waals surface area (Å²) in [7, 11) is 0. The number of nitro groups is 1. The fourth-order valence-corrected chi connectivity index (χ4v) is 2.23. The third-order valence-corrected chi connectivity index (χ3v) is 3.33. The third-order valence-electron chi connectivity index (χ3n) is 3.33. The summed E-state index contributed by atoms with van der Waals surface area (Å²) in [5.74, 6) is -0.300. The number of anilines is 1. The fourth-order valence-electron chi connectivity index (χ4n) is 2.23. The number of non-ortho nitro benzene ring substituents is 1. The van der Waals surface area contributed by atoms with Crippen LogP contribution in [0.25, 0.3) is 10.8 Å². The van der Waals surface area contributed by atoms with Gasteiger partial charge in [-0.2, -0.15) is 0 Å². The van der Waals surface area contributed by atoms with E-state index in [0.717, 1.165) is 10.8 Å². The Labute approximate surface area is 126 Å². The molecule has 3 aromatic carbocycles. The molecule has 0 fully saturated rings. The van der Waals surface area contributed by atoms with E-state index in [4.69, 9.17) is 0 Å². The highest BCUT2D eigenvalue weighted by atomic mass is 16.6. The number of nitrogens with zero attached hydrogens (tertiary/aromatic N) is 1. The van der Waals surface area contributed by atoms with Crippen LogP contribution in [0.2, 0.25) is 0 Å². The van der Waals surface area contributed by atoms with E-state index in [0.29, 0.717) is 11.3 Å². The summed E-state index contributed by atoms with van der Waals surface area (Å²) >= 11 is 0. The van der Waals surface area contributed by atoms with Gasteiger partial charge in [0.25, 0.3) is 11.6 Å². The predicted molar refractivity (Wildman–Crippen MR) is 85.0 cm³/mol. The van der Waals surface area contributed by atoms with Crippen molar-refractivity contribution in [1.29, 1.82) is 0 Å². The molecule has 5 heteroatoms. The summed E-state index contributed by atoms with van der Waals surface area (Å²) in [6, 6.07) is 19.0. The topological polar surface area (TPSA) is 72.2 Å². The first-order valence-electron chi connectivity index (χ1n) is 6.68. The Morgan fingerprint density at radius 2 is 1.68 bits per heavy atom. The number of nitro benzene ring substituents is 1. The number of carbonyl (C=O) groups excluding carboxylic acids is 1. The molecule has 0 spiro atoms. The Morgan fingerprint density at radius 3 is 2.45 bits per heavy atom. The van der Waals surface area contributed by atoms with Crippen molar-refractivity contribution in [2.75, 3.05) is 5.32 Å². The van der Waals surface area contributed by atoms with Gasteiger partial charge in [-0.1, -0.05) is 36.4 Å². The number of nitrogens with one attached hydrogen (secondary N) is 1. The quantitative estimate of drug-likeness (QED) is 0.585. The van der Waals surface area contributed by atoms with Gasteiger partial charge in [-0.15, -0.1) is 0 Å². The smallest absolute Gasteiger partial charge is 0.271 e. The average molecular weight is 292 g/mol. The molecule has 3 aromatic rings. The Bertz CT molecular complexity index is 874. The van der Waals surface area contributed by atoms with Gasteiger partial charge < -0.3 is 5.32 Å². The van der Waals surface area contributed by atoms with Crippen molar-refractivity contribution < 1.29 is 9.72 Å². The minimum Gasteiger partial charge on any atom is -0.322 e. The molecule has 0 aliphatic heterocycles. The van der Waals surface area contributed by atoms with Crippen LogP contribution in [0.1, 0.15) is 10.4 Å². The van der Waals surface area contributed by atoms with Crippen molar-refractivity contribution in [3.8, 4) is 0 Å². The lowest BCUT2D eigenvalue weighted by molar-refractivity contribution is -0.384. The highest BCUT2D eigenvalue weighted by Crippen LogP contribution is 2.19. The van der Waals surface area contributed by atoms with Crippen LogP contribution >= 0.6 is 0 Å². The van der Waals surface area contributed by atoms with E-state index in [-0.39, 0.29) is 11.6 Å². The Morgan fingerprint density at radius 1 is 0.909 bits per heavy atom. The van der Waals surface area contributed by atoms with E-state index in [2.05, 4.69) is 5.32 Å². The van der Waals surface area contributed by atoms with Crippen molar-refractivity contribution >= 4 is 28.1 Å². The van der Waals surface area contributed by atoms with Crippen LogP contribution in [0, 0.1) is 10.1 Å². The van der Waals surface area contributed by atoms with E-state index in [1.54, 1.807) is 18.2 Å². The standard InChI is InChI=1S/C17H12N2O3/c20-17(18-15-6-3-7-16(11-15)19(21)22)14-9-8-12-4-1-2-5-13(12)10-14/h1-11H,(H,18,20). The van der Waals surface area contributed by atoms with Gasteiger partial charge in [0.2, 0.25) is 0 Å². The van der Waals surface area contributed by atoms with Crippen molar-refractivity contribution in [2.45, 2.75) is 0 Å². The molecule has 5 nitrogen and oxygen atoms in total. The normalized spacial score (nSPS) is 10.4. The zero-order valence-electron chi connectivity index (χ0n) is 11.5. The number of benzene rings is 3. The fraction of sp³-hybridized carbons (Fsp3) is 0. The van der Waals surface area contributed by atoms with Gasteiger partial charge >= 0.3 is 0 Å². The Balaban J connectivity index is 1.86. The van der Waals surface area contributed by atoms with E-state index < -0.39 is 4.92 Å². The Kier molecular flexibility index (Phi) is 3.53. The summed E-state index contributed by atoms with van der Waals surface area (Å²) in [5.41, 5.74) is 0.842. The van der Waals surface area contributed by atoms with E-state index >= 15 is 0 Å². The van der Waals surface area contributed by atoms with Gasteiger partial charge in [0.1, 0.15) is 0 Å². The predicted octanol–water partition coefficient (Wildman–Crippen LogP) is 4.00.